The summed E-state index contributed by atoms with van der Waals surface area (Å²) in [4.78, 5) is 10.5. The highest BCUT2D eigenvalue weighted by Gasteiger charge is 2.23. The summed E-state index contributed by atoms with van der Waals surface area (Å²) >= 11 is 0. The Kier molecular flexibility index (Phi) is 4.33. The van der Waals surface area contributed by atoms with Crippen LogP contribution in [0.3, 0.4) is 0 Å². The fraction of sp³-hybridized carbons (Fsp3) is 0.562. The number of likely N-dealkylation sites (tertiary alicyclic amines) is 1. The molecule has 0 aliphatic carbocycles. The second-order valence-electron chi connectivity index (χ2n) is 5.47. The summed E-state index contributed by atoms with van der Waals surface area (Å²) in [7, 11) is 0. The van der Waals surface area contributed by atoms with Gasteiger partial charge in [0.25, 0.3) is 0 Å². The minimum Gasteiger partial charge on any atom is -0.380 e. The molecule has 1 atom stereocenters. The summed E-state index contributed by atoms with van der Waals surface area (Å²) in [6, 6.07) is 4.20. The standard InChI is InChI=1S/C16H23N3O/c1-2-20-11-10-19-9-3-4-14(12-19)16-15-13(5-7-17-15)6-8-18-16/h5-8,14,17H,2-4,9-12H2,1H3. The Hall–Kier alpha value is -1.39. The van der Waals surface area contributed by atoms with Crippen LogP contribution < -0.4 is 0 Å². The third kappa shape index (κ3) is 2.86. The number of nitrogens with zero attached hydrogens (tertiary/aromatic N) is 2. The molecule has 0 bridgehead atoms. The smallest absolute Gasteiger partial charge is 0.0687 e. The maximum absolute atomic E-state index is 5.47. The SMILES string of the molecule is CCOCCN1CCCC(c2nccc3cc[nH]c23)C1. The Morgan fingerprint density at radius 2 is 2.40 bits per heavy atom. The molecule has 0 saturated carbocycles. The second-order valence-corrected chi connectivity index (χ2v) is 5.47. The molecule has 2 aromatic heterocycles. The zero-order chi connectivity index (χ0) is 13.8. The van der Waals surface area contributed by atoms with Crippen molar-refractivity contribution in [2.75, 3.05) is 32.8 Å². The van der Waals surface area contributed by atoms with E-state index in [0.29, 0.717) is 5.92 Å². The Morgan fingerprint density at radius 3 is 3.30 bits per heavy atom. The molecule has 3 rings (SSSR count). The second kappa shape index (κ2) is 6.37. The van der Waals surface area contributed by atoms with Crippen molar-refractivity contribution in [1.29, 1.82) is 0 Å². The van der Waals surface area contributed by atoms with E-state index in [4.69, 9.17) is 4.74 Å². The van der Waals surface area contributed by atoms with Crippen LogP contribution in [0.2, 0.25) is 0 Å². The summed E-state index contributed by atoms with van der Waals surface area (Å²) in [5.74, 6) is 0.535. The van der Waals surface area contributed by atoms with Crippen molar-refractivity contribution in [3.8, 4) is 0 Å². The maximum atomic E-state index is 5.47. The number of aromatic nitrogens is 2. The molecule has 20 heavy (non-hydrogen) atoms. The van der Waals surface area contributed by atoms with Gasteiger partial charge in [0, 0.05) is 43.4 Å². The molecule has 4 nitrogen and oxygen atoms in total. The summed E-state index contributed by atoms with van der Waals surface area (Å²) < 4.78 is 5.47. The van der Waals surface area contributed by atoms with Crippen LogP contribution in [0.25, 0.3) is 10.9 Å². The zero-order valence-corrected chi connectivity index (χ0v) is 12.1. The van der Waals surface area contributed by atoms with Gasteiger partial charge < -0.3 is 14.6 Å². The number of fused-ring (bicyclic) bond motifs is 1. The molecule has 1 aliphatic heterocycles. The van der Waals surface area contributed by atoms with Crippen LogP contribution in [0, 0.1) is 0 Å². The molecule has 1 N–H and O–H groups in total. The first-order valence-electron chi connectivity index (χ1n) is 7.60. The van der Waals surface area contributed by atoms with E-state index in [1.54, 1.807) is 0 Å². The first kappa shape index (κ1) is 13.6. The number of nitrogens with one attached hydrogen (secondary N) is 1. The molecule has 1 saturated heterocycles. The van der Waals surface area contributed by atoms with Crippen molar-refractivity contribution in [3.05, 3.63) is 30.2 Å². The van der Waals surface area contributed by atoms with Crippen molar-refractivity contribution in [2.45, 2.75) is 25.7 Å². The normalized spacial score (nSPS) is 20.6. The van der Waals surface area contributed by atoms with Gasteiger partial charge >= 0.3 is 0 Å². The Bertz CT molecular complexity index is 551. The van der Waals surface area contributed by atoms with Crippen molar-refractivity contribution in [1.82, 2.24) is 14.9 Å². The highest BCUT2D eigenvalue weighted by molar-refractivity contribution is 5.81. The Balaban J connectivity index is 1.71. The molecule has 0 spiro atoms. The molecular formula is C16H23N3O. The van der Waals surface area contributed by atoms with Crippen LogP contribution >= 0.6 is 0 Å². The zero-order valence-electron chi connectivity index (χ0n) is 12.1. The van der Waals surface area contributed by atoms with Gasteiger partial charge in [0.2, 0.25) is 0 Å². The molecule has 1 fully saturated rings. The van der Waals surface area contributed by atoms with E-state index >= 15 is 0 Å². The average Bonchev–Trinajstić information content (AvgIpc) is 2.96. The Labute approximate surface area is 120 Å². The molecule has 0 amide bonds. The minimum absolute atomic E-state index is 0.535. The summed E-state index contributed by atoms with van der Waals surface area (Å²) in [5.41, 5.74) is 2.44. The van der Waals surface area contributed by atoms with Crippen molar-refractivity contribution in [2.24, 2.45) is 0 Å². The van der Waals surface area contributed by atoms with Crippen LogP contribution in [-0.4, -0.2) is 47.7 Å². The number of rotatable bonds is 5. The van der Waals surface area contributed by atoms with Crippen LogP contribution in [0.4, 0.5) is 0 Å². The van der Waals surface area contributed by atoms with Gasteiger partial charge in [-0.15, -0.1) is 0 Å². The number of H-pyrrole nitrogens is 1. The molecule has 3 heterocycles. The summed E-state index contributed by atoms with van der Waals surface area (Å²) in [6.07, 6.45) is 6.42. The largest absolute Gasteiger partial charge is 0.380 e. The van der Waals surface area contributed by atoms with Gasteiger partial charge in [-0.3, -0.25) is 4.98 Å². The minimum atomic E-state index is 0.535. The lowest BCUT2D eigenvalue weighted by molar-refractivity contribution is 0.100. The van der Waals surface area contributed by atoms with Gasteiger partial charge in [-0.25, -0.2) is 0 Å². The van der Waals surface area contributed by atoms with Gasteiger partial charge in [-0.2, -0.15) is 0 Å². The number of hydrogen-bond donors (Lipinski definition) is 1. The fourth-order valence-corrected chi connectivity index (χ4v) is 3.13. The van der Waals surface area contributed by atoms with Gasteiger partial charge in [-0.05, 0) is 38.4 Å². The predicted molar refractivity (Wildman–Crippen MR) is 81.0 cm³/mol. The lowest BCUT2D eigenvalue weighted by Crippen LogP contribution is -2.37. The molecule has 2 aromatic rings. The number of aromatic amines is 1. The molecule has 0 aromatic carbocycles. The van der Waals surface area contributed by atoms with E-state index in [0.717, 1.165) is 26.3 Å². The average molecular weight is 273 g/mol. The summed E-state index contributed by atoms with van der Waals surface area (Å²) in [6.45, 7) is 7.01. The lowest BCUT2D eigenvalue weighted by Gasteiger charge is -2.32. The van der Waals surface area contributed by atoms with Gasteiger partial charge in [-0.1, -0.05) is 0 Å². The van der Waals surface area contributed by atoms with E-state index in [1.807, 2.05) is 12.4 Å². The third-order valence-electron chi connectivity index (χ3n) is 4.15. The highest BCUT2D eigenvalue weighted by Crippen LogP contribution is 2.29. The van der Waals surface area contributed by atoms with Crippen LogP contribution in [-0.2, 0) is 4.74 Å². The highest BCUT2D eigenvalue weighted by atomic mass is 16.5. The summed E-state index contributed by atoms with van der Waals surface area (Å²) in [5, 5.41) is 1.27. The van der Waals surface area contributed by atoms with Crippen molar-refractivity contribution in [3.63, 3.8) is 0 Å². The van der Waals surface area contributed by atoms with Crippen LogP contribution in [0.5, 0.6) is 0 Å². The number of ether oxygens (including phenoxy) is 1. The van der Waals surface area contributed by atoms with E-state index in [1.165, 1.54) is 36.0 Å². The van der Waals surface area contributed by atoms with Gasteiger partial charge in [0.1, 0.15) is 0 Å². The monoisotopic (exact) mass is 273 g/mol. The van der Waals surface area contributed by atoms with Crippen LogP contribution in [0.15, 0.2) is 24.5 Å². The lowest BCUT2D eigenvalue weighted by atomic mass is 9.93. The van der Waals surface area contributed by atoms with Crippen LogP contribution in [0.1, 0.15) is 31.4 Å². The predicted octanol–water partition coefficient (Wildman–Crippen LogP) is 2.78. The number of pyridine rings is 1. The third-order valence-corrected chi connectivity index (χ3v) is 4.15. The molecule has 0 radical (unpaired) electrons. The van der Waals surface area contributed by atoms with Crippen molar-refractivity contribution >= 4 is 10.9 Å². The van der Waals surface area contributed by atoms with E-state index < -0.39 is 0 Å². The van der Waals surface area contributed by atoms with Gasteiger partial charge in [0.15, 0.2) is 0 Å². The van der Waals surface area contributed by atoms with E-state index in [-0.39, 0.29) is 0 Å². The quantitative estimate of drug-likeness (QED) is 0.852. The van der Waals surface area contributed by atoms with Gasteiger partial charge in [0.05, 0.1) is 17.8 Å². The van der Waals surface area contributed by atoms with Crippen molar-refractivity contribution < 1.29 is 4.74 Å². The van der Waals surface area contributed by atoms with E-state index in [2.05, 4.69) is 33.9 Å². The number of hydrogen-bond acceptors (Lipinski definition) is 3. The molecule has 1 aliphatic rings. The molecule has 108 valence electrons. The molecular weight excluding hydrogens is 250 g/mol. The topological polar surface area (TPSA) is 41.1 Å². The fourth-order valence-electron chi connectivity index (χ4n) is 3.13. The first-order valence-corrected chi connectivity index (χ1v) is 7.60. The maximum Gasteiger partial charge on any atom is 0.0687 e. The molecule has 4 heteroatoms. The molecule has 1 unspecified atom stereocenters. The first-order chi connectivity index (χ1) is 9.88. The van der Waals surface area contributed by atoms with E-state index in [9.17, 15) is 0 Å². The number of piperidine rings is 1. The Morgan fingerprint density at radius 1 is 1.45 bits per heavy atom.